The lowest BCUT2D eigenvalue weighted by Gasteiger charge is -2.09. The summed E-state index contributed by atoms with van der Waals surface area (Å²) in [4.78, 5) is 46.4. The molecule has 0 spiro atoms. The molecule has 2 aromatic carbocycles. The number of carbonyl (C=O) groups excluding carboxylic acids is 4. The predicted molar refractivity (Wildman–Crippen MR) is 93.3 cm³/mol. The minimum atomic E-state index is -1.01. The third-order valence-electron chi connectivity index (χ3n) is 3.25. The van der Waals surface area contributed by atoms with Crippen LogP contribution in [0.2, 0.25) is 0 Å². The number of hydrogen-bond donors (Lipinski definition) is 3. The van der Waals surface area contributed by atoms with Crippen molar-refractivity contribution in [2.24, 2.45) is 0 Å². The van der Waals surface area contributed by atoms with E-state index in [2.05, 4.69) is 15.4 Å². The minimum Gasteiger partial charge on any atom is -0.454 e. The van der Waals surface area contributed by atoms with E-state index < -0.39 is 48.6 Å². The molecule has 0 saturated heterocycles. The molecule has 0 radical (unpaired) electrons. The van der Waals surface area contributed by atoms with Gasteiger partial charge in [-0.2, -0.15) is 0 Å². The Bertz CT molecular complexity index is 904. The summed E-state index contributed by atoms with van der Waals surface area (Å²) in [6.45, 7) is -1.42. The topological polar surface area (TPSA) is 114 Å². The lowest BCUT2D eigenvalue weighted by molar-refractivity contribution is -0.147. The van der Waals surface area contributed by atoms with Crippen molar-refractivity contribution < 1.29 is 32.7 Å². The highest BCUT2D eigenvalue weighted by molar-refractivity contribution is 6.02. The van der Waals surface area contributed by atoms with Crippen molar-refractivity contribution in [3.63, 3.8) is 0 Å². The number of para-hydroxylation sites is 1. The normalized spacial score (nSPS) is 9.93. The van der Waals surface area contributed by atoms with Gasteiger partial charge in [0, 0.05) is 0 Å². The van der Waals surface area contributed by atoms with Crippen molar-refractivity contribution in [3.8, 4) is 0 Å². The van der Waals surface area contributed by atoms with E-state index in [4.69, 9.17) is 0 Å². The van der Waals surface area contributed by atoms with E-state index in [1.165, 1.54) is 36.4 Å². The van der Waals surface area contributed by atoms with Crippen molar-refractivity contribution >= 4 is 29.5 Å². The van der Waals surface area contributed by atoms with Crippen LogP contribution in [0.4, 0.5) is 19.3 Å². The first-order valence-corrected chi connectivity index (χ1v) is 7.90. The molecule has 0 aliphatic carbocycles. The molecule has 0 aliphatic heterocycles. The number of hydrogen-bond acceptors (Lipinski definition) is 5. The van der Waals surface area contributed by atoms with E-state index in [1.54, 1.807) is 0 Å². The van der Waals surface area contributed by atoms with Crippen LogP contribution in [0.5, 0.6) is 0 Å². The Labute approximate surface area is 157 Å². The van der Waals surface area contributed by atoms with Gasteiger partial charge < -0.3 is 15.4 Å². The van der Waals surface area contributed by atoms with Crippen LogP contribution < -0.4 is 16.0 Å². The first-order valence-electron chi connectivity index (χ1n) is 7.90. The highest BCUT2D eigenvalue weighted by Gasteiger charge is 2.15. The Kier molecular flexibility index (Phi) is 7.14. The van der Waals surface area contributed by atoms with Gasteiger partial charge in [0.05, 0.1) is 11.3 Å². The molecule has 0 unspecified atom stereocenters. The first kappa shape index (κ1) is 20.5. The molecule has 0 aliphatic rings. The molecule has 0 atom stereocenters. The second-order valence-corrected chi connectivity index (χ2v) is 5.31. The molecule has 0 aromatic heterocycles. The lowest BCUT2D eigenvalue weighted by Crippen LogP contribution is -2.38. The van der Waals surface area contributed by atoms with Gasteiger partial charge in [-0.05, 0) is 24.3 Å². The number of urea groups is 1. The van der Waals surface area contributed by atoms with Crippen LogP contribution in [0.15, 0.2) is 48.5 Å². The smallest absolute Gasteiger partial charge is 0.326 e. The number of amides is 4. The maximum atomic E-state index is 13.4. The minimum absolute atomic E-state index is 0.138. The van der Waals surface area contributed by atoms with E-state index in [1.807, 2.05) is 5.32 Å². The van der Waals surface area contributed by atoms with Gasteiger partial charge in [0.25, 0.3) is 11.8 Å². The van der Waals surface area contributed by atoms with Crippen LogP contribution in [0, 0.1) is 11.6 Å². The number of anilines is 1. The predicted octanol–water partition coefficient (Wildman–Crippen LogP) is 1.59. The highest BCUT2D eigenvalue weighted by Crippen LogP contribution is 2.11. The van der Waals surface area contributed by atoms with Crippen LogP contribution in [-0.4, -0.2) is 37.0 Å². The number of esters is 1. The third-order valence-corrected chi connectivity index (χ3v) is 3.25. The molecule has 4 amide bonds. The van der Waals surface area contributed by atoms with E-state index in [-0.39, 0.29) is 11.3 Å². The summed E-state index contributed by atoms with van der Waals surface area (Å²) in [7, 11) is 0. The molecule has 2 aromatic rings. The van der Waals surface area contributed by atoms with Gasteiger partial charge in [0.2, 0.25) is 0 Å². The van der Waals surface area contributed by atoms with Gasteiger partial charge in [0.1, 0.15) is 18.2 Å². The first-order chi connectivity index (χ1) is 13.4. The largest absolute Gasteiger partial charge is 0.454 e. The van der Waals surface area contributed by atoms with Gasteiger partial charge in [-0.1, -0.05) is 24.3 Å². The Morgan fingerprint density at radius 2 is 1.54 bits per heavy atom. The summed E-state index contributed by atoms with van der Waals surface area (Å²) in [5.41, 5.74) is -0.390. The van der Waals surface area contributed by atoms with Gasteiger partial charge >= 0.3 is 12.0 Å². The second kappa shape index (κ2) is 9.76. The van der Waals surface area contributed by atoms with E-state index in [0.29, 0.717) is 0 Å². The molecular formula is C18H15F2N3O5. The summed E-state index contributed by atoms with van der Waals surface area (Å²) in [6.07, 6.45) is 0. The summed E-state index contributed by atoms with van der Waals surface area (Å²) in [6, 6.07) is 9.48. The quantitative estimate of drug-likeness (QED) is 0.647. The molecule has 0 fully saturated rings. The van der Waals surface area contributed by atoms with Crippen LogP contribution in [0.3, 0.4) is 0 Å². The van der Waals surface area contributed by atoms with Gasteiger partial charge in [-0.25, -0.2) is 13.6 Å². The number of imide groups is 1. The number of rotatable bonds is 6. The van der Waals surface area contributed by atoms with Gasteiger partial charge in [-0.15, -0.1) is 0 Å². The maximum absolute atomic E-state index is 13.4. The van der Waals surface area contributed by atoms with Crippen molar-refractivity contribution in [1.82, 2.24) is 10.6 Å². The summed E-state index contributed by atoms with van der Waals surface area (Å²) < 4.78 is 31.4. The molecule has 3 N–H and O–H groups in total. The fourth-order valence-electron chi connectivity index (χ4n) is 1.97. The molecule has 0 heterocycles. The number of ether oxygens (including phenoxy) is 1. The molecule has 0 bridgehead atoms. The van der Waals surface area contributed by atoms with Gasteiger partial charge in [0.15, 0.2) is 6.61 Å². The van der Waals surface area contributed by atoms with E-state index in [9.17, 15) is 28.0 Å². The molecule has 2 rings (SSSR count). The monoisotopic (exact) mass is 391 g/mol. The zero-order valence-corrected chi connectivity index (χ0v) is 14.3. The Hall–Kier alpha value is -3.82. The molecule has 8 nitrogen and oxygen atoms in total. The fourth-order valence-corrected chi connectivity index (χ4v) is 1.97. The number of halogens is 2. The van der Waals surface area contributed by atoms with Crippen LogP contribution in [-0.2, 0) is 14.3 Å². The standard InChI is InChI=1S/C18H15F2N3O5/c19-12-6-2-1-5-11(12)17(26)21-9-16(25)28-10-15(24)23-18(27)22-14-8-4-3-7-13(14)20/h1-8H,9-10H2,(H,21,26)(H2,22,23,24,27). The fraction of sp³-hybridized carbons (Fsp3) is 0.111. The highest BCUT2D eigenvalue weighted by atomic mass is 19.1. The van der Waals surface area contributed by atoms with Crippen molar-refractivity contribution in [2.75, 3.05) is 18.5 Å². The summed E-state index contributed by atoms with van der Waals surface area (Å²) in [5.74, 6) is -4.23. The average molecular weight is 391 g/mol. The molecule has 28 heavy (non-hydrogen) atoms. The summed E-state index contributed by atoms with van der Waals surface area (Å²) >= 11 is 0. The zero-order valence-electron chi connectivity index (χ0n) is 14.3. The van der Waals surface area contributed by atoms with Crippen molar-refractivity contribution in [2.45, 2.75) is 0 Å². The number of carbonyl (C=O) groups is 4. The summed E-state index contributed by atoms with van der Waals surface area (Å²) in [5, 5.41) is 6.09. The van der Waals surface area contributed by atoms with E-state index in [0.717, 1.165) is 12.1 Å². The second-order valence-electron chi connectivity index (χ2n) is 5.31. The van der Waals surface area contributed by atoms with Crippen molar-refractivity contribution in [1.29, 1.82) is 0 Å². The Morgan fingerprint density at radius 1 is 0.893 bits per heavy atom. The molecule has 146 valence electrons. The molecule has 0 saturated carbocycles. The lowest BCUT2D eigenvalue weighted by atomic mass is 10.2. The van der Waals surface area contributed by atoms with Crippen LogP contribution in [0.25, 0.3) is 0 Å². The van der Waals surface area contributed by atoms with E-state index >= 15 is 0 Å². The number of nitrogens with one attached hydrogen (secondary N) is 3. The van der Waals surface area contributed by atoms with Crippen LogP contribution in [0.1, 0.15) is 10.4 Å². The SMILES string of the molecule is O=C(COC(=O)CNC(=O)c1ccccc1F)NC(=O)Nc1ccccc1F. The zero-order chi connectivity index (χ0) is 20.5. The van der Waals surface area contributed by atoms with Crippen LogP contribution >= 0.6 is 0 Å². The Balaban J connectivity index is 1.71. The van der Waals surface area contributed by atoms with Crippen molar-refractivity contribution in [3.05, 3.63) is 65.7 Å². The third kappa shape index (κ3) is 6.16. The maximum Gasteiger partial charge on any atom is 0.326 e. The van der Waals surface area contributed by atoms with Gasteiger partial charge in [-0.3, -0.25) is 19.7 Å². The Morgan fingerprint density at radius 3 is 2.21 bits per heavy atom. The number of benzene rings is 2. The molecule has 10 heteroatoms. The average Bonchev–Trinajstić information content (AvgIpc) is 2.66. The molecular weight excluding hydrogens is 376 g/mol.